The maximum atomic E-state index is 13.3. The average Bonchev–Trinajstić information content (AvgIpc) is 2.30. The number of hydrogen-bond acceptors (Lipinski definition) is 2. The highest BCUT2D eigenvalue weighted by Gasteiger charge is 2.25. The molecule has 1 aromatic rings. The van der Waals surface area contributed by atoms with Gasteiger partial charge < -0.3 is 15.7 Å². The molecule has 1 rings (SSSR count). The molecule has 1 aromatic carbocycles. The number of halogens is 2. The van der Waals surface area contributed by atoms with Gasteiger partial charge in [-0.3, -0.25) is 0 Å². The summed E-state index contributed by atoms with van der Waals surface area (Å²) in [4.78, 5) is 11.5. The molecule has 0 fully saturated rings. The van der Waals surface area contributed by atoms with Crippen molar-refractivity contribution in [1.82, 2.24) is 5.32 Å². The molecule has 0 aliphatic heterocycles. The van der Waals surface area contributed by atoms with E-state index >= 15 is 0 Å². The lowest BCUT2D eigenvalue weighted by atomic mass is 9.93. The van der Waals surface area contributed by atoms with Gasteiger partial charge in [0.25, 0.3) is 0 Å². The largest absolute Gasteiger partial charge is 0.388 e. The number of hydrogen-bond donors (Lipinski definition) is 3. The van der Waals surface area contributed by atoms with E-state index in [0.717, 1.165) is 12.1 Å². The molecule has 0 heterocycles. The molecule has 0 bridgehead atoms. The molecule has 0 spiro atoms. The van der Waals surface area contributed by atoms with Crippen molar-refractivity contribution in [3.05, 3.63) is 29.8 Å². The molecule has 19 heavy (non-hydrogen) atoms. The number of aliphatic hydroxyl groups is 1. The van der Waals surface area contributed by atoms with Crippen molar-refractivity contribution in [1.29, 1.82) is 0 Å². The van der Waals surface area contributed by atoms with E-state index in [1.807, 2.05) is 13.8 Å². The van der Waals surface area contributed by atoms with E-state index in [9.17, 15) is 18.7 Å². The molecule has 1 atom stereocenters. The highest BCUT2D eigenvalue weighted by atomic mass is 19.1. The first-order valence-corrected chi connectivity index (χ1v) is 5.94. The third-order valence-electron chi connectivity index (χ3n) is 3.03. The van der Waals surface area contributed by atoms with Crippen LogP contribution in [0.1, 0.15) is 20.8 Å². The second-order valence-corrected chi connectivity index (χ2v) is 4.94. The lowest BCUT2D eigenvalue weighted by molar-refractivity contribution is 0.0170. The van der Waals surface area contributed by atoms with Gasteiger partial charge in [-0.25, -0.2) is 13.6 Å². The van der Waals surface area contributed by atoms with Crippen LogP contribution in [-0.2, 0) is 0 Å². The van der Waals surface area contributed by atoms with Crippen molar-refractivity contribution in [2.45, 2.75) is 26.4 Å². The van der Waals surface area contributed by atoms with E-state index < -0.39 is 23.3 Å². The molecule has 1 unspecified atom stereocenters. The number of urea groups is 1. The van der Waals surface area contributed by atoms with Gasteiger partial charge in [-0.2, -0.15) is 0 Å². The summed E-state index contributed by atoms with van der Waals surface area (Å²) in [5.74, 6) is -1.62. The van der Waals surface area contributed by atoms with Crippen molar-refractivity contribution in [2.24, 2.45) is 5.92 Å². The van der Waals surface area contributed by atoms with Crippen molar-refractivity contribution >= 4 is 11.7 Å². The average molecular weight is 272 g/mol. The predicted octanol–water partition coefficient (Wildman–Crippen LogP) is 2.49. The van der Waals surface area contributed by atoms with Gasteiger partial charge in [0, 0.05) is 12.6 Å². The van der Waals surface area contributed by atoms with Gasteiger partial charge in [0.15, 0.2) is 0 Å². The Kier molecular flexibility index (Phi) is 4.83. The molecule has 2 amide bonds. The molecule has 0 saturated carbocycles. The summed E-state index contributed by atoms with van der Waals surface area (Å²) in [5, 5.41) is 14.6. The fourth-order valence-electron chi connectivity index (χ4n) is 1.22. The minimum absolute atomic E-state index is 0.0271. The number of amides is 2. The van der Waals surface area contributed by atoms with Crippen LogP contribution in [0, 0.1) is 17.6 Å². The van der Waals surface area contributed by atoms with E-state index in [1.165, 1.54) is 0 Å². The molecule has 0 saturated heterocycles. The monoisotopic (exact) mass is 272 g/mol. The van der Waals surface area contributed by atoms with Crippen molar-refractivity contribution in [3.63, 3.8) is 0 Å². The van der Waals surface area contributed by atoms with Crippen LogP contribution in [0.15, 0.2) is 18.2 Å². The lowest BCUT2D eigenvalue weighted by Crippen LogP contribution is -2.45. The minimum atomic E-state index is -1.06. The fourth-order valence-corrected chi connectivity index (χ4v) is 1.22. The molecule has 4 nitrogen and oxygen atoms in total. The molecule has 0 aliphatic rings. The number of carbonyl (C=O) groups excluding carboxylic acids is 1. The molecular weight excluding hydrogens is 254 g/mol. The Morgan fingerprint density at radius 1 is 1.42 bits per heavy atom. The lowest BCUT2D eigenvalue weighted by Gasteiger charge is -2.27. The Hall–Kier alpha value is -1.69. The van der Waals surface area contributed by atoms with Gasteiger partial charge in [0.05, 0.1) is 11.3 Å². The first-order valence-electron chi connectivity index (χ1n) is 5.94. The SMILES string of the molecule is CC(C)C(C)(O)CNC(=O)Nc1ccc(F)cc1F. The number of anilines is 1. The van der Waals surface area contributed by atoms with Crippen LogP contribution in [-0.4, -0.2) is 23.3 Å². The Balaban J connectivity index is 2.57. The summed E-state index contributed by atoms with van der Waals surface area (Å²) in [6.45, 7) is 5.26. The van der Waals surface area contributed by atoms with Crippen LogP contribution in [0.5, 0.6) is 0 Å². The fraction of sp³-hybridized carbons (Fsp3) is 0.462. The molecule has 6 heteroatoms. The van der Waals surface area contributed by atoms with Gasteiger partial charge in [0.2, 0.25) is 0 Å². The smallest absolute Gasteiger partial charge is 0.319 e. The highest BCUT2D eigenvalue weighted by Crippen LogP contribution is 2.16. The van der Waals surface area contributed by atoms with Gasteiger partial charge in [-0.05, 0) is 25.0 Å². The van der Waals surface area contributed by atoms with Gasteiger partial charge in [0.1, 0.15) is 11.6 Å². The number of nitrogens with one attached hydrogen (secondary N) is 2. The summed E-state index contributed by atoms with van der Waals surface area (Å²) in [6.07, 6.45) is 0. The molecule has 0 aromatic heterocycles. The van der Waals surface area contributed by atoms with Crippen molar-refractivity contribution < 1.29 is 18.7 Å². The molecule has 106 valence electrons. The zero-order valence-corrected chi connectivity index (χ0v) is 11.1. The topological polar surface area (TPSA) is 61.4 Å². The van der Waals surface area contributed by atoms with Gasteiger partial charge in [-0.15, -0.1) is 0 Å². The Morgan fingerprint density at radius 3 is 2.58 bits per heavy atom. The Labute approximate surface area is 110 Å². The zero-order chi connectivity index (χ0) is 14.6. The van der Waals surface area contributed by atoms with Crippen LogP contribution >= 0.6 is 0 Å². The maximum Gasteiger partial charge on any atom is 0.319 e. The van der Waals surface area contributed by atoms with E-state index in [1.54, 1.807) is 6.92 Å². The molecule has 3 N–H and O–H groups in total. The van der Waals surface area contributed by atoms with Crippen molar-refractivity contribution in [2.75, 3.05) is 11.9 Å². The third kappa shape index (κ3) is 4.48. The maximum absolute atomic E-state index is 13.3. The van der Waals surface area contributed by atoms with E-state index in [-0.39, 0.29) is 18.2 Å². The van der Waals surface area contributed by atoms with Gasteiger partial charge in [-0.1, -0.05) is 13.8 Å². The van der Waals surface area contributed by atoms with E-state index in [0.29, 0.717) is 6.07 Å². The Morgan fingerprint density at radius 2 is 2.05 bits per heavy atom. The highest BCUT2D eigenvalue weighted by molar-refractivity contribution is 5.89. The van der Waals surface area contributed by atoms with E-state index in [2.05, 4.69) is 10.6 Å². The van der Waals surface area contributed by atoms with Crippen LogP contribution < -0.4 is 10.6 Å². The molecule has 0 aliphatic carbocycles. The third-order valence-corrected chi connectivity index (χ3v) is 3.03. The minimum Gasteiger partial charge on any atom is -0.388 e. The first-order chi connectivity index (χ1) is 8.72. The molecular formula is C13H18F2N2O2. The summed E-state index contributed by atoms with van der Waals surface area (Å²) >= 11 is 0. The van der Waals surface area contributed by atoms with Crippen LogP contribution in [0.4, 0.5) is 19.3 Å². The van der Waals surface area contributed by atoms with Crippen molar-refractivity contribution in [3.8, 4) is 0 Å². The summed E-state index contributed by atoms with van der Waals surface area (Å²) in [5.41, 5.74) is -1.18. The standard InChI is InChI=1S/C13H18F2N2O2/c1-8(2)13(3,19)7-16-12(18)17-11-5-4-9(14)6-10(11)15/h4-6,8,19H,7H2,1-3H3,(H2,16,17,18). The van der Waals surface area contributed by atoms with E-state index in [4.69, 9.17) is 0 Å². The predicted molar refractivity (Wildman–Crippen MR) is 68.8 cm³/mol. The summed E-state index contributed by atoms with van der Waals surface area (Å²) < 4.78 is 26.0. The number of benzene rings is 1. The number of carbonyl (C=O) groups is 1. The second kappa shape index (κ2) is 5.97. The Bertz CT molecular complexity index is 462. The quantitative estimate of drug-likeness (QED) is 0.788. The first kappa shape index (κ1) is 15.4. The zero-order valence-electron chi connectivity index (χ0n) is 11.1. The second-order valence-electron chi connectivity index (χ2n) is 4.94. The van der Waals surface area contributed by atoms with Crippen LogP contribution in [0.25, 0.3) is 0 Å². The number of rotatable bonds is 4. The van der Waals surface area contributed by atoms with Crippen LogP contribution in [0.3, 0.4) is 0 Å². The van der Waals surface area contributed by atoms with Crippen LogP contribution in [0.2, 0.25) is 0 Å². The summed E-state index contributed by atoms with van der Waals surface area (Å²) in [6, 6.07) is 2.19. The summed E-state index contributed by atoms with van der Waals surface area (Å²) in [7, 11) is 0. The molecule has 0 radical (unpaired) electrons. The normalized spacial score (nSPS) is 14.1. The van der Waals surface area contributed by atoms with Gasteiger partial charge >= 0.3 is 6.03 Å².